The number of H-pyrrole nitrogens is 1. The molecule has 0 radical (unpaired) electrons. The first-order valence-corrected chi connectivity index (χ1v) is 10.1. The van der Waals surface area contributed by atoms with Crippen LogP contribution in [0.25, 0.3) is 11.0 Å². The summed E-state index contributed by atoms with van der Waals surface area (Å²) in [4.78, 5) is 34.0. The van der Waals surface area contributed by atoms with E-state index in [0.29, 0.717) is 30.1 Å². The van der Waals surface area contributed by atoms with Crippen molar-refractivity contribution < 1.29 is 4.79 Å². The molecule has 0 saturated carbocycles. The Morgan fingerprint density at radius 1 is 1.21 bits per heavy atom. The number of carbonyl (C=O) groups is 1. The second-order valence-electron chi connectivity index (χ2n) is 7.77. The van der Waals surface area contributed by atoms with Gasteiger partial charge in [0, 0.05) is 38.2 Å². The molecule has 2 N–H and O–H groups in total. The highest BCUT2D eigenvalue weighted by Crippen LogP contribution is 2.23. The summed E-state index contributed by atoms with van der Waals surface area (Å²) in [6.07, 6.45) is 1.68. The monoisotopic (exact) mass is 390 g/mol. The van der Waals surface area contributed by atoms with Crippen LogP contribution in [0.1, 0.15) is 24.1 Å². The van der Waals surface area contributed by atoms with E-state index in [4.69, 9.17) is 0 Å². The number of amides is 1. The summed E-state index contributed by atoms with van der Waals surface area (Å²) in [5.41, 5.74) is 4.14. The van der Waals surface area contributed by atoms with Gasteiger partial charge in [0.15, 0.2) is 0 Å². The molecule has 29 heavy (non-hydrogen) atoms. The number of aromatic nitrogens is 2. The third kappa shape index (κ3) is 4.65. The molecule has 1 aliphatic heterocycles. The average molecular weight is 390 g/mol. The molecule has 6 nitrogen and oxygen atoms in total. The zero-order chi connectivity index (χ0) is 20.2. The molecule has 0 spiro atoms. The van der Waals surface area contributed by atoms with Gasteiger partial charge in [0.25, 0.3) is 5.56 Å². The van der Waals surface area contributed by atoms with Crippen LogP contribution in [-0.4, -0.2) is 35.5 Å². The van der Waals surface area contributed by atoms with Gasteiger partial charge in [-0.15, -0.1) is 0 Å². The number of benzene rings is 2. The molecule has 2 aromatic carbocycles. The first-order valence-electron chi connectivity index (χ1n) is 10.1. The molecule has 1 amide bonds. The quantitative estimate of drug-likeness (QED) is 0.678. The molecule has 0 aliphatic carbocycles. The number of hydrogen-bond donors (Lipinski definition) is 2. The molecule has 1 fully saturated rings. The van der Waals surface area contributed by atoms with E-state index in [1.54, 1.807) is 0 Å². The Balaban J connectivity index is 1.26. The summed E-state index contributed by atoms with van der Waals surface area (Å²) < 4.78 is 0. The zero-order valence-corrected chi connectivity index (χ0v) is 16.6. The predicted octanol–water partition coefficient (Wildman–Crippen LogP) is 2.81. The van der Waals surface area contributed by atoms with E-state index in [1.165, 1.54) is 11.3 Å². The molecule has 0 unspecified atom stereocenters. The molecule has 3 aromatic rings. The minimum absolute atomic E-state index is 0.0341. The highest BCUT2D eigenvalue weighted by Gasteiger charge is 2.23. The van der Waals surface area contributed by atoms with Gasteiger partial charge in [0.1, 0.15) is 5.69 Å². The summed E-state index contributed by atoms with van der Waals surface area (Å²) in [5, 5.41) is 3.03. The first-order chi connectivity index (χ1) is 14.1. The topological polar surface area (TPSA) is 78.1 Å². The van der Waals surface area contributed by atoms with E-state index in [9.17, 15) is 9.59 Å². The summed E-state index contributed by atoms with van der Waals surface area (Å²) in [5.74, 6) is 0.413. The van der Waals surface area contributed by atoms with Crippen LogP contribution in [0, 0.1) is 12.8 Å². The molecule has 1 atom stereocenters. The second-order valence-corrected chi connectivity index (χ2v) is 7.77. The molecule has 150 valence electrons. The van der Waals surface area contributed by atoms with Gasteiger partial charge in [0.2, 0.25) is 5.91 Å². The summed E-state index contributed by atoms with van der Waals surface area (Å²) in [6, 6.07) is 16.0. The lowest BCUT2D eigenvalue weighted by molar-refractivity contribution is -0.121. The van der Waals surface area contributed by atoms with Gasteiger partial charge in [-0.3, -0.25) is 9.59 Å². The maximum Gasteiger partial charge on any atom is 0.270 e. The lowest BCUT2D eigenvalue weighted by Crippen LogP contribution is -2.31. The number of nitrogens with zero attached hydrogens (tertiary/aromatic N) is 2. The number of para-hydroxylation sites is 2. The van der Waals surface area contributed by atoms with Crippen LogP contribution in [0.3, 0.4) is 0 Å². The van der Waals surface area contributed by atoms with Crippen LogP contribution in [-0.2, 0) is 11.2 Å². The average Bonchev–Trinajstić information content (AvgIpc) is 3.20. The Bertz CT molecular complexity index is 1060. The van der Waals surface area contributed by atoms with Gasteiger partial charge >= 0.3 is 0 Å². The Morgan fingerprint density at radius 3 is 2.83 bits per heavy atom. The van der Waals surface area contributed by atoms with Crippen molar-refractivity contribution in [3.63, 3.8) is 0 Å². The van der Waals surface area contributed by atoms with Crippen molar-refractivity contribution in [1.82, 2.24) is 15.3 Å². The third-order valence-corrected chi connectivity index (χ3v) is 5.53. The number of aromatic amines is 1. The van der Waals surface area contributed by atoms with Crippen molar-refractivity contribution in [2.24, 2.45) is 5.92 Å². The number of carbonyl (C=O) groups excluding carboxylic acids is 1. The van der Waals surface area contributed by atoms with Crippen molar-refractivity contribution in [2.75, 3.05) is 24.5 Å². The molecule has 2 heterocycles. The summed E-state index contributed by atoms with van der Waals surface area (Å²) in [6.45, 7) is 4.73. The van der Waals surface area contributed by atoms with Crippen LogP contribution in [0.2, 0.25) is 0 Å². The lowest BCUT2D eigenvalue weighted by atomic mass is 10.1. The number of hydrogen-bond acceptors (Lipinski definition) is 4. The van der Waals surface area contributed by atoms with E-state index in [2.05, 4.69) is 51.4 Å². The number of fused-ring (bicyclic) bond motifs is 1. The molecule has 1 saturated heterocycles. The van der Waals surface area contributed by atoms with Crippen LogP contribution >= 0.6 is 0 Å². The Labute approximate surface area is 170 Å². The van der Waals surface area contributed by atoms with E-state index < -0.39 is 0 Å². The van der Waals surface area contributed by atoms with Crippen molar-refractivity contribution in [3.8, 4) is 0 Å². The lowest BCUT2D eigenvalue weighted by Gasteiger charge is -2.19. The van der Waals surface area contributed by atoms with Gasteiger partial charge in [-0.25, -0.2) is 4.98 Å². The molecule has 4 rings (SSSR count). The predicted molar refractivity (Wildman–Crippen MR) is 115 cm³/mol. The van der Waals surface area contributed by atoms with Crippen LogP contribution in [0.4, 0.5) is 5.69 Å². The first kappa shape index (κ1) is 19.2. The fourth-order valence-electron chi connectivity index (χ4n) is 3.80. The second kappa shape index (κ2) is 8.47. The molecule has 6 heteroatoms. The van der Waals surface area contributed by atoms with Crippen molar-refractivity contribution in [2.45, 2.75) is 26.2 Å². The maximum absolute atomic E-state index is 12.3. The van der Waals surface area contributed by atoms with Gasteiger partial charge in [-0.05, 0) is 43.5 Å². The van der Waals surface area contributed by atoms with E-state index >= 15 is 0 Å². The highest BCUT2D eigenvalue weighted by molar-refractivity contribution is 5.76. The SMILES string of the molecule is Cc1ccc(N2CC[C@@H](CNC(=O)CCc3nc4ccccc4[nH]c3=O)C2)cc1. The van der Waals surface area contributed by atoms with Crippen LogP contribution in [0.15, 0.2) is 53.3 Å². The van der Waals surface area contributed by atoms with Crippen LogP contribution < -0.4 is 15.8 Å². The van der Waals surface area contributed by atoms with E-state index in [0.717, 1.165) is 25.0 Å². The molecule has 0 bridgehead atoms. The molecule has 1 aliphatic rings. The standard InChI is InChI=1S/C23H26N4O2/c1-16-6-8-18(9-7-16)27-13-12-17(15-27)14-24-22(28)11-10-21-23(29)26-20-5-3-2-4-19(20)25-21/h2-9,17H,10-15H2,1H3,(H,24,28)(H,26,29)/t17-/m0/s1. The Morgan fingerprint density at radius 2 is 2.00 bits per heavy atom. The largest absolute Gasteiger partial charge is 0.371 e. The smallest absolute Gasteiger partial charge is 0.270 e. The van der Waals surface area contributed by atoms with Gasteiger partial charge in [0.05, 0.1) is 11.0 Å². The van der Waals surface area contributed by atoms with Crippen molar-refractivity contribution in [1.29, 1.82) is 0 Å². The fourth-order valence-corrected chi connectivity index (χ4v) is 3.80. The Hall–Kier alpha value is -3.15. The van der Waals surface area contributed by atoms with Gasteiger partial charge in [-0.1, -0.05) is 29.8 Å². The highest BCUT2D eigenvalue weighted by atomic mass is 16.1. The summed E-state index contributed by atoms with van der Waals surface area (Å²) >= 11 is 0. The Kier molecular flexibility index (Phi) is 5.60. The molecule has 1 aromatic heterocycles. The van der Waals surface area contributed by atoms with E-state index in [1.807, 2.05) is 24.3 Å². The fraction of sp³-hybridized carbons (Fsp3) is 0.348. The third-order valence-electron chi connectivity index (χ3n) is 5.53. The maximum atomic E-state index is 12.3. The van der Waals surface area contributed by atoms with Gasteiger partial charge in [-0.2, -0.15) is 0 Å². The van der Waals surface area contributed by atoms with Crippen molar-refractivity contribution in [3.05, 3.63) is 70.1 Å². The van der Waals surface area contributed by atoms with E-state index in [-0.39, 0.29) is 17.9 Å². The number of rotatable bonds is 6. The number of aryl methyl sites for hydroxylation is 2. The van der Waals surface area contributed by atoms with Crippen molar-refractivity contribution >= 4 is 22.6 Å². The number of anilines is 1. The summed E-state index contributed by atoms with van der Waals surface area (Å²) in [7, 11) is 0. The number of nitrogens with one attached hydrogen (secondary N) is 2. The molecular weight excluding hydrogens is 364 g/mol. The normalized spacial score (nSPS) is 16.3. The molecular formula is C23H26N4O2. The minimum Gasteiger partial charge on any atom is -0.371 e. The van der Waals surface area contributed by atoms with Gasteiger partial charge < -0.3 is 15.2 Å². The van der Waals surface area contributed by atoms with Crippen LogP contribution in [0.5, 0.6) is 0 Å². The zero-order valence-electron chi connectivity index (χ0n) is 16.6. The minimum atomic E-state index is -0.221.